The molecule has 1 aliphatic heterocycles. The van der Waals surface area contributed by atoms with Crippen LogP contribution in [0.2, 0.25) is 0 Å². The lowest BCUT2D eigenvalue weighted by atomic mass is 10.1. The summed E-state index contributed by atoms with van der Waals surface area (Å²) in [7, 11) is -3.29. The van der Waals surface area contributed by atoms with Crippen LogP contribution < -0.4 is 4.31 Å². The zero-order valence-electron chi connectivity index (χ0n) is 17.7. The van der Waals surface area contributed by atoms with Gasteiger partial charge in [0.1, 0.15) is 5.82 Å². The topological polar surface area (TPSA) is 85.2 Å². The van der Waals surface area contributed by atoms with E-state index < -0.39 is 10.0 Å². The van der Waals surface area contributed by atoms with Crippen molar-refractivity contribution in [1.82, 2.24) is 14.8 Å². The van der Waals surface area contributed by atoms with Crippen LogP contribution in [0.25, 0.3) is 0 Å². The first-order chi connectivity index (χ1) is 15.5. The number of nitrogens with zero attached hydrogens (tertiary/aromatic N) is 4. The summed E-state index contributed by atoms with van der Waals surface area (Å²) in [6.45, 7) is 2.09. The monoisotopic (exact) mass is 488 g/mol. The molecule has 0 spiro atoms. The van der Waals surface area contributed by atoms with E-state index in [1.54, 1.807) is 30.4 Å². The van der Waals surface area contributed by atoms with Crippen LogP contribution in [0.4, 0.5) is 5.69 Å². The molecule has 3 heterocycles. The van der Waals surface area contributed by atoms with E-state index >= 15 is 0 Å². The maximum Gasteiger partial charge on any atom is 0.234 e. The molecule has 0 bridgehead atoms. The smallest absolute Gasteiger partial charge is 0.234 e. The summed E-state index contributed by atoms with van der Waals surface area (Å²) in [4.78, 5) is 14.2. The van der Waals surface area contributed by atoms with Gasteiger partial charge in [-0.3, -0.25) is 9.10 Å². The van der Waals surface area contributed by atoms with Crippen LogP contribution in [-0.2, 0) is 22.9 Å². The Balaban J connectivity index is 1.29. The molecule has 0 atom stereocenters. The Morgan fingerprint density at radius 2 is 2.09 bits per heavy atom. The number of carbonyl (C=O) groups is 1. The molecular formula is C22H24N4O3S3. The number of aromatic nitrogens is 3. The van der Waals surface area contributed by atoms with Crippen molar-refractivity contribution in [3.8, 4) is 0 Å². The van der Waals surface area contributed by atoms with Gasteiger partial charge < -0.3 is 4.57 Å². The van der Waals surface area contributed by atoms with Crippen LogP contribution in [0, 0.1) is 0 Å². The second-order valence-electron chi connectivity index (χ2n) is 8.03. The summed E-state index contributed by atoms with van der Waals surface area (Å²) in [5.74, 6) is 1.32. The van der Waals surface area contributed by atoms with E-state index in [1.165, 1.54) is 20.9 Å². The quantitative estimate of drug-likeness (QED) is 0.335. The number of thiophene rings is 1. The Labute approximate surface area is 195 Å². The second-order valence-corrected chi connectivity index (χ2v) is 12.2. The number of Topliss-reactive ketones (excluding diaryl/α,β-unsaturated/α-hetero) is 1. The summed E-state index contributed by atoms with van der Waals surface area (Å²) in [5.41, 5.74) is 2.23. The summed E-state index contributed by atoms with van der Waals surface area (Å²) < 4.78 is 28.2. The third-order valence-electron chi connectivity index (χ3n) is 5.85. The predicted molar refractivity (Wildman–Crippen MR) is 127 cm³/mol. The van der Waals surface area contributed by atoms with Crippen LogP contribution in [0.1, 0.15) is 52.4 Å². The third-order valence-corrected chi connectivity index (χ3v) is 9.45. The van der Waals surface area contributed by atoms with Crippen molar-refractivity contribution in [2.24, 2.45) is 0 Å². The highest BCUT2D eigenvalue weighted by atomic mass is 32.2. The molecule has 1 saturated carbocycles. The first-order valence-corrected chi connectivity index (χ1v) is 14.2. The molecule has 5 rings (SSSR count). The number of carbonyl (C=O) groups excluding carboxylic acids is 1. The fraction of sp³-hybridized carbons (Fsp3) is 0.409. The maximum atomic E-state index is 12.9. The van der Waals surface area contributed by atoms with Gasteiger partial charge in [0.15, 0.2) is 10.9 Å². The molecule has 3 aromatic rings. The summed E-state index contributed by atoms with van der Waals surface area (Å²) >= 11 is 3.14. The van der Waals surface area contributed by atoms with Crippen LogP contribution in [0.5, 0.6) is 0 Å². The van der Waals surface area contributed by atoms with Gasteiger partial charge in [-0.15, -0.1) is 21.5 Å². The van der Waals surface area contributed by atoms with E-state index in [0.717, 1.165) is 35.8 Å². The summed E-state index contributed by atoms with van der Waals surface area (Å²) in [6, 6.07) is 9.92. The highest BCUT2D eigenvalue weighted by Crippen LogP contribution is 2.39. The van der Waals surface area contributed by atoms with Crippen molar-refractivity contribution in [3.05, 3.63) is 57.5 Å². The van der Waals surface area contributed by atoms with Crippen molar-refractivity contribution >= 4 is 44.6 Å². The Hall–Kier alpha value is -2.17. The van der Waals surface area contributed by atoms with E-state index in [-0.39, 0.29) is 17.3 Å². The molecule has 0 saturated heterocycles. The van der Waals surface area contributed by atoms with Crippen molar-refractivity contribution in [3.63, 3.8) is 0 Å². The van der Waals surface area contributed by atoms with E-state index in [1.807, 2.05) is 12.1 Å². The van der Waals surface area contributed by atoms with E-state index in [4.69, 9.17) is 0 Å². The number of sulfonamides is 1. The molecule has 0 amide bonds. The SMILES string of the molecule is CCS(=O)(=O)N1CCc2cc(C(=O)CSc3nnc(Cc4cccs4)n3C3CC3)ccc21. The standard InChI is InChI=1S/C22H24N4O3S3/c1-2-32(28,29)25-10-9-15-12-16(5-8-19(15)25)20(27)14-31-22-24-23-21(26(22)17-6-7-17)13-18-4-3-11-30-18/h3-5,8,11-12,17H,2,6-7,9-10,13-14H2,1H3. The van der Waals surface area contributed by atoms with Crippen molar-refractivity contribution in [2.45, 2.75) is 43.8 Å². The first kappa shape index (κ1) is 21.7. The fourth-order valence-corrected chi connectivity index (χ4v) is 6.78. The molecular weight excluding hydrogens is 464 g/mol. The number of thioether (sulfide) groups is 1. The van der Waals surface area contributed by atoms with Crippen LogP contribution in [0.3, 0.4) is 0 Å². The normalized spacial score (nSPS) is 15.8. The maximum absolute atomic E-state index is 12.9. The number of benzene rings is 1. The Kier molecular flexibility index (Phi) is 5.85. The third kappa shape index (κ3) is 4.23. The number of rotatable bonds is 9. The molecule has 1 aliphatic carbocycles. The zero-order valence-corrected chi connectivity index (χ0v) is 20.2. The minimum atomic E-state index is -3.29. The largest absolute Gasteiger partial charge is 0.303 e. The van der Waals surface area contributed by atoms with Crippen molar-refractivity contribution in [2.75, 3.05) is 22.4 Å². The number of hydrogen-bond donors (Lipinski definition) is 0. The van der Waals surface area contributed by atoms with Gasteiger partial charge >= 0.3 is 0 Å². The molecule has 0 N–H and O–H groups in total. The van der Waals surface area contributed by atoms with Gasteiger partial charge in [-0.25, -0.2) is 8.42 Å². The molecule has 0 radical (unpaired) electrons. The minimum Gasteiger partial charge on any atom is -0.303 e. The molecule has 168 valence electrons. The first-order valence-electron chi connectivity index (χ1n) is 10.7. The molecule has 32 heavy (non-hydrogen) atoms. The molecule has 10 heteroatoms. The van der Waals surface area contributed by atoms with Gasteiger partial charge in [0, 0.05) is 29.4 Å². The average Bonchev–Trinajstić information content (AvgIpc) is 3.18. The van der Waals surface area contributed by atoms with E-state index in [0.29, 0.717) is 30.3 Å². The molecule has 2 aromatic heterocycles. The minimum absolute atomic E-state index is 0.0137. The number of hydrogen-bond acceptors (Lipinski definition) is 7. The fourth-order valence-electron chi connectivity index (χ4n) is 4.00. The van der Waals surface area contributed by atoms with Crippen molar-refractivity contribution < 1.29 is 13.2 Å². The second kappa shape index (κ2) is 8.64. The lowest BCUT2D eigenvalue weighted by molar-refractivity contribution is 0.102. The Morgan fingerprint density at radius 1 is 1.25 bits per heavy atom. The van der Waals surface area contributed by atoms with Crippen LogP contribution >= 0.6 is 23.1 Å². The molecule has 0 unspecified atom stereocenters. The van der Waals surface area contributed by atoms with Gasteiger partial charge in [-0.1, -0.05) is 17.8 Å². The van der Waals surface area contributed by atoms with Gasteiger partial charge in [-0.2, -0.15) is 0 Å². The number of anilines is 1. The summed E-state index contributed by atoms with van der Waals surface area (Å²) in [5, 5.41) is 11.7. The number of fused-ring (bicyclic) bond motifs is 1. The Morgan fingerprint density at radius 3 is 2.81 bits per heavy atom. The van der Waals surface area contributed by atoms with Gasteiger partial charge in [0.25, 0.3) is 0 Å². The zero-order chi connectivity index (χ0) is 22.3. The average molecular weight is 489 g/mol. The molecule has 1 fully saturated rings. The lowest BCUT2D eigenvalue weighted by Crippen LogP contribution is -2.30. The predicted octanol–water partition coefficient (Wildman–Crippen LogP) is 3.95. The van der Waals surface area contributed by atoms with Gasteiger partial charge in [0.2, 0.25) is 10.0 Å². The number of ketones is 1. The van der Waals surface area contributed by atoms with E-state index in [9.17, 15) is 13.2 Å². The molecule has 2 aliphatic rings. The van der Waals surface area contributed by atoms with Gasteiger partial charge in [-0.05, 0) is 61.4 Å². The van der Waals surface area contributed by atoms with E-state index in [2.05, 4.69) is 26.2 Å². The van der Waals surface area contributed by atoms with Gasteiger partial charge in [0.05, 0.1) is 17.2 Å². The van der Waals surface area contributed by atoms with Crippen molar-refractivity contribution in [1.29, 1.82) is 0 Å². The van der Waals surface area contributed by atoms with Crippen LogP contribution in [0.15, 0.2) is 40.9 Å². The lowest BCUT2D eigenvalue weighted by Gasteiger charge is -2.18. The highest BCUT2D eigenvalue weighted by Gasteiger charge is 2.31. The summed E-state index contributed by atoms with van der Waals surface area (Å²) in [6.07, 6.45) is 3.64. The molecule has 1 aromatic carbocycles. The van der Waals surface area contributed by atoms with Crippen LogP contribution in [-0.4, -0.2) is 47.0 Å². The Bertz CT molecular complexity index is 1250. The molecule has 7 nitrogen and oxygen atoms in total. The highest BCUT2D eigenvalue weighted by molar-refractivity contribution is 7.99.